The number of thiophene rings is 1. The first-order valence-electron chi connectivity index (χ1n) is 11.2. The standard InChI is InChI=1S/C26H27N3O4S/c1-4-29(5-2)12-13-33-26(31)17-6-8-20(9-7-17)27-24(30)23-16-19-14-18-15-21(32-3)10-11-22(18)28-25(19)34-23/h6-11,14-16H,4-5,12-13H2,1-3H3,(H,27,30). The van der Waals surface area contributed by atoms with Gasteiger partial charge in [0.2, 0.25) is 0 Å². The van der Waals surface area contributed by atoms with E-state index in [1.54, 1.807) is 31.4 Å². The summed E-state index contributed by atoms with van der Waals surface area (Å²) in [5.74, 6) is 0.168. The van der Waals surface area contributed by atoms with Crippen molar-refractivity contribution in [3.63, 3.8) is 0 Å². The second-order valence-electron chi connectivity index (χ2n) is 7.75. The Morgan fingerprint density at radius 1 is 1.00 bits per heavy atom. The molecule has 176 valence electrons. The quantitative estimate of drug-likeness (QED) is 0.333. The normalized spacial score (nSPS) is 11.2. The third-order valence-electron chi connectivity index (χ3n) is 5.65. The summed E-state index contributed by atoms with van der Waals surface area (Å²) in [7, 11) is 1.63. The second-order valence-corrected chi connectivity index (χ2v) is 8.78. The SMILES string of the molecule is CCN(CC)CCOC(=O)c1ccc(NC(=O)c2cc3cc4cc(OC)ccc4nc3s2)cc1. The molecule has 2 aromatic carbocycles. The largest absolute Gasteiger partial charge is 0.497 e. The van der Waals surface area contributed by atoms with Gasteiger partial charge in [-0.25, -0.2) is 9.78 Å². The maximum Gasteiger partial charge on any atom is 0.338 e. The monoisotopic (exact) mass is 477 g/mol. The van der Waals surface area contributed by atoms with Crippen LogP contribution in [0.5, 0.6) is 5.75 Å². The van der Waals surface area contributed by atoms with Gasteiger partial charge in [-0.05, 0) is 67.7 Å². The molecule has 0 unspecified atom stereocenters. The number of benzene rings is 2. The van der Waals surface area contributed by atoms with Gasteiger partial charge in [-0.1, -0.05) is 13.8 Å². The van der Waals surface area contributed by atoms with E-state index in [4.69, 9.17) is 9.47 Å². The third-order valence-corrected chi connectivity index (χ3v) is 6.69. The molecule has 2 heterocycles. The molecule has 0 saturated carbocycles. The minimum atomic E-state index is -0.371. The lowest BCUT2D eigenvalue weighted by Gasteiger charge is -2.17. The van der Waals surface area contributed by atoms with Crippen LogP contribution in [0.1, 0.15) is 33.9 Å². The van der Waals surface area contributed by atoms with Crippen LogP contribution in [0.3, 0.4) is 0 Å². The summed E-state index contributed by atoms with van der Waals surface area (Å²) in [6.45, 7) is 7.05. The maximum absolute atomic E-state index is 12.8. The fourth-order valence-corrected chi connectivity index (χ4v) is 4.54. The lowest BCUT2D eigenvalue weighted by molar-refractivity contribution is 0.0466. The number of likely N-dealkylation sites (N-methyl/N-ethyl adjacent to an activating group) is 1. The van der Waals surface area contributed by atoms with Gasteiger partial charge in [0.05, 0.1) is 23.1 Å². The molecule has 0 bridgehead atoms. The van der Waals surface area contributed by atoms with Crippen LogP contribution in [0, 0.1) is 0 Å². The van der Waals surface area contributed by atoms with E-state index in [9.17, 15) is 9.59 Å². The van der Waals surface area contributed by atoms with Crippen molar-refractivity contribution in [3.05, 3.63) is 65.0 Å². The van der Waals surface area contributed by atoms with Crippen LogP contribution in [-0.4, -0.2) is 55.1 Å². The van der Waals surface area contributed by atoms with Crippen molar-refractivity contribution in [2.75, 3.05) is 38.7 Å². The van der Waals surface area contributed by atoms with Gasteiger partial charge in [0.25, 0.3) is 5.91 Å². The molecule has 0 aliphatic heterocycles. The summed E-state index contributed by atoms with van der Waals surface area (Å²) >= 11 is 1.34. The van der Waals surface area contributed by atoms with Crippen LogP contribution in [0.4, 0.5) is 5.69 Å². The van der Waals surface area contributed by atoms with Gasteiger partial charge >= 0.3 is 5.97 Å². The zero-order chi connectivity index (χ0) is 24.1. The highest BCUT2D eigenvalue weighted by molar-refractivity contribution is 7.20. The highest BCUT2D eigenvalue weighted by Crippen LogP contribution is 2.29. The van der Waals surface area contributed by atoms with Crippen LogP contribution in [0.25, 0.3) is 21.1 Å². The predicted octanol–water partition coefficient (Wildman–Crippen LogP) is 5.21. The fraction of sp³-hybridized carbons (Fsp3) is 0.269. The number of hydrogen-bond donors (Lipinski definition) is 1. The van der Waals surface area contributed by atoms with Gasteiger partial charge < -0.3 is 19.7 Å². The average Bonchev–Trinajstić information content (AvgIpc) is 3.28. The zero-order valence-electron chi connectivity index (χ0n) is 19.5. The fourth-order valence-electron chi connectivity index (χ4n) is 3.63. The summed E-state index contributed by atoms with van der Waals surface area (Å²) in [4.78, 5) is 33.3. The molecule has 7 nitrogen and oxygen atoms in total. The number of carbonyl (C=O) groups excluding carboxylic acids is 2. The van der Waals surface area contributed by atoms with Crippen LogP contribution in [0.15, 0.2) is 54.6 Å². The van der Waals surface area contributed by atoms with Crippen molar-refractivity contribution in [1.29, 1.82) is 0 Å². The van der Waals surface area contributed by atoms with Crippen LogP contribution < -0.4 is 10.1 Å². The molecule has 2 aromatic heterocycles. The molecule has 0 aliphatic rings. The third kappa shape index (κ3) is 5.35. The van der Waals surface area contributed by atoms with E-state index in [1.165, 1.54) is 11.3 Å². The van der Waals surface area contributed by atoms with E-state index >= 15 is 0 Å². The molecule has 0 fully saturated rings. The number of anilines is 1. The van der Waals surface area contributed by atoms with E-state index in [-0.39, 0.29) is 11.9 Å². The van der Waals surface area contributed by atoms with Gasteiger partial charge in [0.1, 0.15) is 17.2 Å². The Labute approximate surface area is 202 Å². The number of fused-ring (bicyclic) bond motifs is 2. The number of esters is 1. The highest BCUT2D eigenvalue weighted by Gasteiger charge is 2.14. The maximum atomic E-state index is 12.8. The van der Waals surface area contributed by atoms with Gasteiger partial charge in [-0.2, -0.15) is 0 Å². The van der Waals surface area contributed by atoms with Gasteiger partial charge in [0.15, 0.2) is 0 Å². The first kappa shape index (κ1) is 23.7. The summed E-state index contributed by atoms with van der Waals surface area (Å²) in [5, 5.41) is 4.74. The van der Waals surface area contributed by atoms with Crippen LogP contribution in [0.2, 0.25) is 0 Å². The van der Waals surface area contributed by atoms with Crippen molar-refractivity contribution in [3.8, 4) is 5.75 Å². The molecule has 0 aliphatic carbocycles. The number of hydrogen-bond acceptors (Lipinski definition) is 7. The van der Waals surface area contributed by atoms with E-state index in [2.05, 4.69) is 29.0 Å². The number of ether oxygens (including phenoxy) is 2. The predicted molar refractivity (Wildman–Crippen MR) is 136 cm³/mol. The Hall–Kier alpha value is -3.49. The van der Waals surface area contributed by atoms with E-state index < -0.39 is 0 Å². The number of nitrogens with zero attached hydrogens (tertiary/aromatic N) is 2. The Kier molecular flexibility index (Phi) is 7.40. The summed E-state index contributed by atoms with van der Waals surface area (Å²) < 4.78 is 10.6. The van der Waals surface area contributed by atoms with E-state index in [1.807, 2.05) is 30.3 Å². The topological polar surface area (TPSA) is 80.8 Å². The number of rotatable bonds is 9. The number of aromatic nitrogens is 1. The van der Waals surface area contributed by atoms with Crippen LogP contribution >= 0.6 is 11.3 Å². The Bertz CT molecular complexity index is 1310. The van der Waals surface area contributed by atoms with E-state index in [0.717, 1.165) is 40.0 Å². The van der Waals surface area contributed by atoms with Gasteiger partial charge in [-0.3, -0.25) is 4.79 Å². The Morgan fingerprint density at radius 3 is 2.47 bits per heavy atom. The minimum absolute atomic E-state index is 0.223. The molecular weight excluding hydrogens is 450 g/mol. The Balaban J connectivity index is 1.41. The average molecular weight is 478 g/mol. The molecule has 0 atom stereocenters. The van der Waals surface area contributed by atoms with Crippen molar-refractivity contribution in [2.24, 2.45) is 0 Å². The Morgan fingerprint density at radius 2 is 1.76 bits per heavy atom. The van der Waals surface area contributed by atoms with Crippen molar-refractivity contribution in [2.45, 2.75) is 13.8 Å². The highest BCUT2D eigenvalue weighted by atomic mass is 32.1. The number of methoxy groups -OCH3 is 1. The first-order valence-corrected chi connectivity index (χ1v) is 12.0. The summed E-state index contributed by atoms with van der Waals surface area (Å²) in [6.07, 6.45) is 0. The molecule has 1 amide bonds. The number of carbonyl (C=O) groups is 2. The lowest BCUT2D eigenvalue weighted by atomic mass is 10.2. The molecule has 4 aromatic rings. The van der Waals surface area contributed by atoms with Gasteiger partial charge in [0, 0.05) is 23.0 Å². The molecule has 1 N–H and O–H groups in total. The van der Waals surface area contributed by atoms with Gasteiger partial charge in [-0.15, -0.1) is 11.3 Å². The molecule has 8 heteroatoms. The molecule has 0 radical (unpaired) electrons. The summed E-state index contributed by atoms with van der Waals surface area (Å²) in [5.41, 5.74) is 1.90. The molecular formula is C26H27N3O4S. The second kappa shape index (κ2) is 10.6. The van der Waals surface area contributed by atoms with Crippen LogP contribution in [-0.2, 0) is 4.74 Å². The smallest absolute Gasteiger partial charge is 0.338 e. The number of pyridine rings is 1. The number of nitrogens with one attached hydrogen (secondary N) is 1. The zero-order valence-corrected chi connectivity index (χ0v) is 20.3. The molecule has 34 heavy (non-hydrogen) atoms. The first-order chi connectivity index (χ1) is 16.5. The molecule has 0 saturated heterocycles. The number of amides is 1. The van der Waals surface area contributed by atoms with Crippen molar-refractivity contribution >= 4 is 50.0 Å². The molecule has 4 rings (SSSR count). The van der Waals surface area contributed by atoms with Crippen molar-refractivity contribution in [1.82, 2.24) is 9.88 Å². The van der Waals surface area contributed by atoms with E-state index in [0.29, 0.717) is 29.3 Å². The minimum Gasteiger partial charge on any atom is -0.497 e. The van der Waals surface area contributed by atoms with Crippen molar-refractivity contribution < 1.29 is 19.1 Å². The lowest BCUT2D eigenvalue weighted by Crippen LogP contribution is -2.27. The molecule has 0 spiro atoms. The summed E-state index contributed by atoms with van der Waals surface area (Å²) in [6, 6.07) is 16.3.